The van der Waals surface area contributed by atoms with Crippen LogP contribution in [-0.2, 0) is 10.8 Å². The Morgan fingerprint density at radius 3 is 1.62 bits per heavy atom. The standard InChI is InChI=1S/C46H37N/c1-45(2)41-20-12-9-18-37(41)39-27-31-22-23-33(26-32(31)28-42(39)45)47(44-21-13-10-16-35(44)30-14-6-5-7-15-30)34-24-25-38-36-17-8-11-19-40(36)46(3,4)43(38)29-34/h5-29H,1-4H3. The topological polar surface area (TPSA) is 3.24 Å². The Labute approximate surface area is 277 Å². The fourth-order valence-electron chi connectivity index (χ4n) is 8.36. The van der Waals surface area contributed by atoms with Gasteiger partial charge in [-0.05, 0) is 103 Å². The van der Waals surface area contributed by atoms with E-state index in [0.29, 0.717) is 0 Å². The number of fused-ring (bicyclic) bond motifs is 7. The maximum Gasteiger partial charge on any atom is 0.0540 e. The molecule has 0 bridgehead atoms. The molecule has 0 fully saturated rings. The Kier molecular flexibility index (Phi) is 5.96. The van der Waals surface area contributed by atoms with Gasteiger partial charge in [0.25, 0.3) is 0 Å². The molecule has 7 aromatic rings. The number of hydrogen-bond acceptors (Lipinski definition) is 1. The van der Waals surface area contributed by atoms with Crippen LogP contribution in [0.25, 0.3) is 44.2 Å². The molecule has 0 aromatic heterocycles. The Balaban J connectivity index is 1.26. The first-order valence-corrected chi connectivity index (χ1v) is 16.7. The molecule has 2 aliphatic carbocycles. The van der Waals surface area contributed by atoms with Crippen molar-refractivity contribution in [3.05, 3.63) is 174 Å². The van der Waals surface area contributed by atoms with Gasteiger partial charge in [0, 0.05) is 27.8 Å². The molecule has 1 nitrogen and oxygen atoms in total. The number of benzene rings is 7. The number of para-hydroxylation sites is 1. The van der Waals surface area contributed by atoms with Crippen LogP contribution in [0.3, 0.4) is 0 Å². The van der Waals surface area contributed by atoms with Gasteiger partial charge in [0.2, 0.25) is 0 Å². The van der Waals surface area contributed by atoms with E-state index in [1.165, 1.54) is 77.8 Å². The van der Waals surface area contributed by atoms with Crippen LogP contribution in [0.1, 0.15) is 49.9 Å². The quantitative estimate of drug-likeness (QED) is 0.193. The van der Waals surface area contributed by atoms with E-state index < -0.39 is 0 Å². The minimum atomic E-state index is -0.0862. The van der Waals surface area contributed by atoms with Crippen LogP contribution in [0.4, 0.5) is 17.1 Å². The molecule has 0 atom stereocenters. The second-order valence-electron chi connectivity index (χ2n) is 14.2. The van der Waals surface area contributed by atoms with Crippen LogP contribution < -0.4 is 4.90 Å². The zero-order valence-electron chi connectivity index (χ0n) is 27.4. The van der Waals surface area contributed by atoms with E-state index in [0.717, 1.165) is 5.69 Å². The summed E-state index contributed by atoms with van der Waals surface area (Å²) in [4.78, 5) is 2.47. The Morgan fingerprint density at radius 2 is 0.894 bits per heavy atom. The van der Waals surface area contributed by atoms with Crippen LogP contribution in [0.2, 0.25) is 0 Å². The molecule has 0 heterocycles. The third-order valence-electron chi connectivity index (χ3n) is 10.8. The third-order valence-corrected chi connectivity index (χ3v) is 10.8. The Bertz CT molecular complexity index is 2360. The molecule has 0 amide bonds. The van der Waals surface area contributed by atoms with Crippen molar-refractivity contribution in [3.8, 4) is 33.4 Å². The molecule has 0 N–H and O–H groups in total. The van der Waals surface area contributed by atoms with Crippen LogP contribution in [0.5, 0.6) is 0 Å². The third kappa shape index (κ3) is 4.09. The normalized spacial score (nSPS) is 14.7. The highest BCUT2D eigenvalue weighted by molar-refractivity contribution is 5.98. The highest BCUT2D eigenvalue weighted by Gasteiger charge is 2.37. The lowest BCUT2D eigenvalue weighted by Gasteiger charge is -2.30. The van der Waals surface area contributed by atoms with Crippen molar-refractivity contribution in [1.29, 1.82) is 0 Å². The minimum absolute atomic E-state index is 0.0453. The molecule has 7 aromatic carbocycles. The number of rotatable bonds is 4. The van der Waals surface area contributed by atoms with Gasteiger partial charge >= 0.3 is 0 Å². The van der Waals surface area contributed by atoms with Gasteiger partial charge in [-0.25, -0.2) is 0 Å². The lowest BCUT2D eigenvalue weighted by Crippen LogP contribution is -2.17. The molecule has 0 radical (unpaired) electrons. The predicted molar refractivity (Wildman–Crippen MR) is 199 cm³/mol. The lowest BCUT2D eigenvalue weighted by atomic mass is 9.82. The molecule has 1 heteroatoms. The van der Waals surface area contributed by atoms with E-state index in [1.807, 2.05) is 0 Å². The number of nitrogens with zero attached hydrogens (tertiary/aromatic N) is 1. The van der Waals surface area contributed by atoms with Crippen LogP contribution in [0.15, 0.2) is 152 Å². The van der Waals surface area contributed by atoms with Gasteiger partial charge in [-0.2, -0.15) is 0 Å². The molecular weight excluding hydrogens is 567 g/mol. The van der Waals surface area contributed by atoms with Crippen molar-refractivity contribution < 1.29 is 0 Å². The first kappa shape index (κ1) is 27.9. The molecule has 226 valence electrons. The largest absolute Gasteiger partial charge is 0.310 e. The van der Waals surface area contributed by atoms with Crippen LogP contribution in [0, 0.1) is 0 Å². The fraction of sp³-hybridized carbons (Fsp3) is 0.130. The predicted octanol–water partition coefficient (Wildman–Crippen LogP) is 12.6. The summed E-state index contributed by atoms with van der Waals surface area (Å²) in [6.07, 6.45) is 0. The van der Waals surface area contributed by atoms with E-state index >= 15 is 0 Å². The summed E-state index contributed by atoms with van der Waals surface area (Å²) in [6, 6.07) is 56.3. The van der Waals surface area contributed by atoms with E-state index in [4.69, 9.17) is 0 Å². The zero-order chi connectivity index (χ0) is 31.9. The summed E-state index contributed by atoms with van der Waals surface area (Å²) >= 11 is 0. The molecule has 0 unspecified atom stereocenters. The van der Waals surface area contributed by atoms with Crippen molar-refractivity contribution in [2.24, 2.45) is 0 Å². The number of hydrogen-bond donors (Lipinski definition) is 0. The van der Waals surface area contributed by atoms with E-state index in [1.54, 1.807) is 0 Å². The molecule has 9 rings (SSSR count). The molecule has 2 aliphatic rings. The van der Waals surface area contributed by atoms with Gasteiger partial charge in [-0.15, -0.1) is 0 Å². The monoisotopic (exact) mass is 603 g/mol. The Morgan fingerprint density at radius 1 is 0.362 bits per heavy atom. The average molecular weight is 604 g/mol. The fourth-order valence-corrected chi connectivity index (χ4v) is 8.36. The molecule has 0 aliphatic heterocycles. The summed E-state index contributed by atoms with van der Waals surface area (Å²) < 4.78 is 0. The maximum atomic E-state index is 2.47. The maximum absolute atomic E-state index is 2.47. The molecule has 0 saturated heterocycles. The SMILES string of the molecule is CC1(C)c2ccccc2-c2ccc(N(c3ccc4cc5c(cc4c3)C(C)(C)c3ccccc3-5)c3ccccc3-c3ccccc3)cc21. The van der Waals surface area contributed by atoms with E-state index in [-0.39, 0.29) is 10.8 Å². The summed E-state index contributed by atoms with van der Waals surface area (Å²) in [5, 5.41) is 2.53. The van der Waals surface area contributed by atoms with Crippen molar-refractivity contribution in [2.75, 3.05) is 4.90 Å². The summed E-state index contributed by atoms with van der Waals surface area (Å²) in [7, 11) is 0. The van der Waals surface area contributed by atoms with E-state index in [2.05, 4.69) is 184 Å². The molecular formula is C46H37N. The molecule has 0 spiro atoms. The highest BCUT2D eigenvalue weighted by atomic mass is 15.1. The van der Waals surface area contributed by atoms with Crippen LogP contribution >= 0.6 is 0 Å². The first-order chi connectivity index (χ1) is 22.8. The summed E-state index contributed by atoms with van der Waals surface area (Å²) in [5.74, 6) is 0. The minimum Gasteiger partial charge on any atom is -0.310 e. The average Bonchev–Trinajstić information content (AvgIpc) is 3.47. The van der Waals surface area contributed by atoms with Crippen molar-refractivity contribution in [1.82, 2.24) is 0 Å². The zero-order valence-corrected chi connectivity index (χ0v) is 27.4. The van der Waals surface area contributed by atoms with Crippen molar-refractivity contribution in [3.63, 3.8) is 0 Å². The van der Waals surface area contributed by atoms with Crippen LogP contribution in [-0.4, -0.2) is 0 Å². The van der Waals surface area contributed by atoms with Gasteiger partial charge in [-0.3, -0.25) is 0 Å². The highest BCUT2D eigenvalue weighted by Crippen LogP contribution is 2.52. The Hall–Kier alpha value is -5.40. The second kappa shape index (κ2) is 10.0. The van der Waals surface area contributed by atoms with Gasteiger partial charge in [0.1, 0.15) is 0 Å². The number of anilines is 3. The van der Waals surface area contributed by atoms with Gasteiger partial charge in [0.05, 0.1) is 5.69 Å². The van der Waals surface area contributed by atoms with Crippen molar-refractivity contribution in [2.45, 2.75) is 38.5 Å². The molecule has 0 saturated carbocycles. The van der Waals surface area contributed by atoms with Gasteiger partial charge in [0.15, 0.2) is 0 Å². The van der Waals surface area contributed by atoms with Gasteiger partial charge in [-0.1, -0.05) is 137 Å². The molecule has 47 heavy (non-hydrogen) atoms. The summed E-state index contributed by atoms with van der Waals surface area (Å²) in [5.41, 5.74) is 16.8. The lowest BCUT2D eigenvalue weighted by molar-refractivity contribution is 0.660. The first-order valence-electron chi connectivity index (χ1n) is 16.7. The van der Waals surface area contributed by atoms with Gasteiger partial charge < -0.3 is 4.90 Å². The van der Waals surface area contributed by atoms with Crippen molar-refractivity contribution >= 4 is 27.8 Å². The van der Waals surface area contributed by atoms with E-state index in [9.17, 15) is 0 Å². The second-order valence-corrected chi connectivity index (χ2v) is 14.2. The summed E-state index contributed by atoms with van der Waals surface area (Å²) in [6.45, 7) is 9.44. The smallest absolute Gasteiger partial charge is 0.0540 e.